The first-order valence-electron chi connectivity index (χ1n) is 7.68. The standard InChI is InChI=1S/C15H25NO3/c17-14(9-7-12-4-3-5-12)16-11-2-1-6-13(16)8-10-15(18)19/h12-13H,1-11H2,(H,18,19). The SMILES string of the molecule is O=C(O)CCC1CCCCN1C(=O)CCC1CCC1. The first-order valence-corrected chi connectivity index (χ1v) is 7.68. The number of hydrogen-bond donors (Lipinski definition) is 1. The van der Waals surface area contributed by atoms with Crippen LogP contribution < -0.4 is 0 Å². The fraction of sp³-hybridized carbons (Fsp3) is 0.867. The highest BCUT2D eigenvalue weighted by molar-refractivity contribution is 5.76. The molecule has 2 aliphatic rings. The molecular weight excluding hydrogens is 242 g/mol. The molecule has 1 unspecified atom stereocenters. The van der Waals surface area contributed by atoms with E-state index in [-0.39, 0.29) is 18.4 Å². The molecule has 4 heteroatoms. The van der Waals surface area contributed by atoms with Gasteiger partial charge in [0.05, 0.1) is 0 Å². The number of likely N-dealkylation sites (tertiary alicyclic amines) is 1. The lowest BCUT2D eigenvalue weighted by atomic mass is 9.82. The molecule has 0 radical (unpaired) electrons. The van der Waals surface area contributed by atoms with Crippen molar-refractivity contribution < 1.29 is 14.7 Å². The van der Waals surface area contributed by atoms with Gasteiger partial charge in [-0.05, 0) is 38.0 Å². The van der Waals surface area contributed by atoms with Crippen LogP contribution in [0.4, 0.5) is 0 Å². The highest BCUT2D eigenvalue weighted by Crippen LogP contribution is 2.31. The van der Waals surface area contributed by atoms with Crippen molar-refractivity contribution in [2.75, 3.05) is 6.54 Å². The van der Waals surface area contributed by atoms with E-state index in [1.54, 1.807) is 0 Å². The quantitative estimate of drug-likeness (QED) is 0.805. The summed E-state index contributed by atoms with van der Waals surface area (Å²) in [4.78, 5) is 24.9. The molecule has 1 saturated carbocycles. The molecule has 1 N–H and O–H groups in total. The molecule has 0 aromatic rings. The predicted octanol–water partition coefficient (Wildman–Crippen LogP) is 2.81. The van der Waals surface area contributed by atoms with Crippen molar-refractivity contribution >= 4 is 11.9 Å². The number of carboxylic acid groups (broad SMARTS) is 1. The van der Waals surface area contributed by atoms with E-state index in [0.29, 0.717) is 12.8 Å². The van der Waals surface area contributed by atoms with Gasteiger partial charge in [0.15, 0.2) is 0 Å². The molecule has 19 heavy (non-hydrogen) atoms. The maximum Gasteiger partial charge on any atom is 0.303 e. The third-order valence-electron chi connectivity index (χ3n) is 4.63. The molecule has 1 aliphatic carbocycles. The number of carboxylic acids is 1. The van der Waals surface area contributed by atoms with E-state index in [0.717, 1.165) is 38.1 Å². The van der Waals surface area contributed by atoms with Crippen molar-refractivity contribution in [1.82, 2.24) is 4.90 Å². The molecule has 1 amide bonds. The number of piperidine rings is 1. The predicted molar refractivity (Wildman–Crippen MR) is 72.8 cm³/mol. The molecule has 1 aliphatic heterocycles. The first-order chi connectivity index (χ1) is 9.16. The second kappa shape index (κ2) is 6.92. The van der Waals surface area contributed by atoms with E-state index >= 15 is 0 Å². The maximum atomic E-state index is 12.3. The van der Waals surface area contributed by atoms with Crippen LogP contribution in [-0.2, 0) is 9.59 Å². The van der Waals surface area contributed by atoms with Crippen LogP contribution in [0.15, 0.2) is 0 Å². The number of rotatable bonds is 6. The van der Waals surface area contributed by atoms with Crippen molar-refractivity contribution in [3.05, 3.63) is 0 Å². The molecule has 0 spiro atoms. The minimum Gasteiger partial charge on any atom is -0.481 e. The van der Waals surface area contributed by atoms with Gasteiger partial charge in [-0.3, -0.25) is 9.59 Å². The molecule has 1 heterocycles. The zero-order valence-electron chi connectivity index (χ0n) is 11.6. The van der Waals surface area contributed by atoms with E-state index < -0.39 is 5.97 Å². The Hall–Kier alpha value is -1.06. The van der Waals surface area contributed by atoms with Crippen molar-refractivity contribution in [2.45, 2.75) is 70.3 Å². The zero-order valence-corrected chi connectivity index (χ0v) is 11.6. The molecule has 1 saturated heterocycles. The Morgan fingerprint density at radius 3 is 2.42 bits per heavy atom. The molecule has 108 valence electrons. The van der Waals surface area contributed by atoms with Gasteiger partial charge in [0.2, 0.25) is 5.91 Å². The highest BCUT2D eigenvalue weighted by atomic mass is 16.4. The fourth-order valence-corrected chi connectivity index (χ4v) is 3.17. The summed E-state index contributed by atoms with van der Waals surface area (Å²) in [5, 5.41) is 8.78. The van der Waals surface area contributed by atoms with Gasteiger partial charge in [0.1, 0.15) is 0 Å². The Kier molecular flexibility index (Phi) is 5.23. The monoisotopic (exact) mass is 267 g/mol. The van der Waals surface area contributed by atoms with Crippen LogP contribution in [0.2, 0.25) is 0 Å². The van der Waals surface area contributed by atoms with Gasteiger partial charge in [-0.25, -0.2) is 0 Å². The van der Waals surface area contributed by atoms with Gasteiger partial charge >= 0.3 is 5.97 Å². The average molecular weight is 267 g/mol. The Morgan fingerprint density at radius 1 is 1.00 bits per heavy atom. The van der Waals surface area contributed by atoms with E-state index in [1.807, 2.05) is 4.90 Å². The lowest BCUT2D eigenvalue weighted by Crippen LogP contribution is -2.44. The van der Waals surface area contributed by atoms with Crippen LogP contribution in [0.5, 0.6) is 0 Å². The second-order valence-corrected chi connectivity index (χ2v) is 6.00. The van der Waals surface area contributed by atoms with Gasteiger partial charge in [-0.2, -0.15) is 0 Å². The van der Waals surface area contributed by atoms with Gasteiger partial charge in [-0.1, -0.05) is 19.3 Å². The van der Waals surface area contributed by atoms with Gasteiger partial charge < -0.3 is 10.0 Å². The van der Waals surface area contributed by atoms with Crippen LogP contribution in [0, 0.1) is 5.92 Å². The summed E-state index contributed by atoms with van der Waals surface area (Å²) in [6.07, 6.45) is 9.55. The number of carbonyl (C=O) groups is 2. The Balaban J connectivity index is 1.79. The summed E-state index contributed by atoms with van der Waals surface area (Å²) in [5.41, 5.74) is 0. The summed E-state index contributed by atoms with van der Waals surface area (Å²) >= 11 is 0. The van der Waals surface area contributed by atoms with Crippen LogP contribution >= 0.6 is 0 Å². The Morgan fingerprint density at radius 2 is 1.79 bits per heavy atom. The molecule has 4 nitrogen and oxygen atoms in total. The summed E-state index contributed by atoms with van der Waals surface area (Å²) in [7, 11) is 0. The summed E-state index contributed by atoms with van der Waals surface area (Å²) in [6.45, 7) is 0.827. The fourth-order valence-electron chi connectivity index (χ4n) is 3.17. The smallest absolute Gasteiger partial charge is 0.303 e. The molecule has 1 atom stereocenters. The lowest BCUT2D eigenvalue weighted by Gasteiger charge is -2.36. The maximum absolute atomic E-state index is 12.3. The molecule has 0 aromatic carbocycles. The summed E-state index contributed by atoms with van der Waals surface area (Å²) in [6, 6.07) is 0.166. The highest BCUT2D eigenvalue weighted by Gasteiger charge is 2.27. The molecule has 0 aromatic heterocycles. The zero-order chi connectivity index (χ0) is 13.7. The van der Waals surface area contributed by atoms with Crippen molar-refractivity contribution in [1.29, 1.82) is 0 Å². The Bertz CT molecular complexity index is 325. The normalized spacial score (nSPS) is 24.0. The van der Waals surface area contributed by atoms with Crippen LogP contribution in [0.1, 0.15) is 64.2 Å². The minimum absolute atomic E-state index is 0.166. The van der Waals surface area contributed by atoms with Crippen LogP contribution in [0.3, 0.4) is 0 Å². The van der Waals surface area contributed by atoms with Crippen molar-refractivity contribution in [3.8, 4) is 0 Å². The van der Waals surface area contributed by atoms with E-state index in [1.165, 1.54) is 19.3 Å². The Labute approximate surface area is 115 Å². The van der Waals surface area contributed by atoms with Crippen LogP contribution in [-0.4, -0.2) is 34.5 Å². The third-order valence-corrected chi connectivity index (χ3v) is 4.63. The van der Waals surface area contributed by atoms with E-state index in [4.69, 9.17) is 5.11 Å². The molecule has 0 bridgehead atoms. The number of amides is 1. The van der Waals surface area contributed by atoms with Crippen molar-refractivity contribution in [2.24, 2.45) is 5.92 Å². The first kappa shape index (κ1) is 14.4. The lowest BCUT2D eigenvalue weighted by molar-refractivity contribution is -0.140. The number of nitrogens with zero attached hydrogens (tertiary/aromatic N) is 1. The molecule has 2 fully saturated rings. The van der Waals surface area contributed by atoms with E-state index in [2.05, 4.69) is 0 Å². The molecular formula is C15H25NO3. The summed E-state index contributed by atoms with van der Waals surface area (Å²) in [5.74, 6) is 0.264. The summed E-state index contributed by atoms with van der Waals surface area (Å²) < 4.78 is 0. The average Bonchev–Trinajstić information content (AvgIpc) is 2.34. The van der Waals surface area contributed by atoms with Crippen LogP contribution in [0.25, 0.3) is 0 Å². The van der Waals surface area contributed by atoms with Gasteiger partial charge in [0, 0.05) is 25.4 Å². The number of carbonyl (C=O) groups excluding carboxylic acids is 1. The number of aliphatic carboxylic acids is 1. The minimum atomic E-state index is -0.757. The van der Waals surface area contributed by atoms with E-state index in [9.17, 15) is 9.59 Å². The van der Waals surface area contributed by atoms with Crippen molar-refractivity contribution in [3.63, 3.8) is 0 Å². The van der Waals surface area contributed by atoms with Gasteiger partial charge in [0.25, 0.3) is 0 Å². The third kappa shape index (κ3) is 4.22. The largest absolute Gasteiger partial charge is 0.481 e. The molecule has 2 rings (SSSR count). The second-order valence-electron chi connectivity index (χ2n) is 6.00. The van der Waals surface area contributed by atoms with Gasteiger partial charge in [-0.15, -0.1) is 0 Å². The topological polar surface area (TPSA) is 57.6 Å². The number of hydrogen-bond acceptors (Lipinski definition) is 2.